The van der Waals surface area contributed by atoms with Crippen LogP contribution in [0.5, 0.6) is 0 Å². The van der Waals surface area contributed by atoms with Gasteiger partial charge in [-0.15, -0.1) is 0 Å². The fraction of sp³-hybridized carbons (Fsp3) is 0.0714. The summed E-state index contributed by atoms with van der Waals surface area (Å²) < 4.78 is 0. The van der Waals surface area contributed by atoms with Gasteiger partial charge in [-0.2, -0.15) is 0 Å². The normalized spacial score (nSPS) is 10.2. The molecule has 0 unspecified atom stereocenters. The number of halogens is 2. The Labute approximate surface area is 130 Å². The van der Waals surface area contributed by atoms with Crippen molar-refractivity contribution in [1.29, 1.82) is 0 Å². The van der Waals surface area contributed by atoms with E-state index in [1.165, 1.54) is 6.07 Å². The quantitative estimate of drug-likeness (QED) is 0.680. The number of nitrogens with zero attached hydrogens (tertiary/aromatic N) is 1. The Morgan fingerprint density at radius 3 is 2.38 bits per heavy atom. The number of hydrogen-bond donors (Lipinski definition) is 1. The number of amides is 1. The third kappa shape index (κ3) is 4.18. The van der Waals surface area contributed by atoms with Gasteiger partial charge in [0.1, 0.15) is 0 Å². The van der Waals surface area contributed by atoms with Crippen LogP contribution in [0.3, 0.4) is 0 Å². The third-order valence-electron chi connectivity index (χ3n) is 2.69. The number of carbonyl (C=O) groups is 1. The van der Waals surface area contributed by atoms with Gasteiger partial charge in [0.2, 0.25) is 5.91 Å². The third-order valence-corrected chi connectivity index (χ3v) is 3.12. The van der Waals surface area contributed by atoms with Gasteiger partial charge in [0.25, 0.3) is 5.69 Å². The Hall–Kier alpha value is -2.11. The zero-order chi connectivity index (χ0) is 15.4. The molecule has 5 nitrogen and oxygen atoms in total. The summed E-state index contributed by atoms with van der Waals surface area (Å²) in [5.41, 5.74) is 0.695. The number of nitrogens with one attached hydrogen (secondary N) is 1. The number of nitro benzene ring substituents is 1. The van der Waals surface area contributed by atoms with Crippen LogP contribution in [0.4, 0.5) is 11.4 Å². The summed E-state index contributed by atoms with van der Waals surface area (Å²) in [6.07, 6.45) is -0.110. The minimum Gasteiger partial charge on any atom is -0.326 e. The second-order valence-corrected chi connectivity index (χ2v) is 5.14. The molecule has 0 spiro atoms. The zero-order valence-corrected chi connectivity index (χ0v) is 12.2. The lowest BCUT2D eigenvalue weighted by Crippen LogP contribution is -2.15. The summed E-state index contributed by atoms with van der Waals surface area (Å²) in [4.78, 5) is 22.3. The van der Waals surface area contributed by atoms with Crippen molar-refractivity contribution < 1.29 is 9.72 Å². The van der Waals surface area contributed by atoms with E-state index in [0.29, 0.717) is 21.3 Å². The number of nitro groups is 1. The predicted molar refractivity (Wildman–Crippen MR) is 81.9 cm³/mol. The SMILES string of the molecule is O=C(Cc1ccccc1[N+](=O)[O-])Nc1cc(Cl)cc(Cl)c1. The Morgan fingerprint density at radius 1 is 1.14 bits per heavy atom. The molecule has 0 bridgehead atoms. The van der Waals surface area contributed by atoms with Gasteiger partial charge >= 0.3 is 0 Å². The van der Waals surface area contributed by atoms with Gasteiger partial charge in [-0.25, -0.2) is 0 Å². The average molecular weight is 325 g/mol. The molecule has 0 heterocycles. The fourth-order valence-corrected chi connectivity index (χ4v) is 2.37. The number of para-hydroxylation sites is 1. The van der Waals surface area contributed by atoms with Gasteiger partial charge < -0.3 is 5.32 Å². The molecule has 0 aromatic heterocycles. The number of benzene rings is 2. The molecule has 7 heteroatoms. The van der Waals surface area contributed by atoms with E-state index in [0.717, 1.165) is 0 Å². The van der Waals surface area contributed by atoms with Gasteiger partial charge in [0, 0.05) is 27.4 Å². The summed E-state index contributed by atoms with van der Waals surface area (Å²) in [5, 5.41) is 14.3. The maximum Gasteiger partial charge on any atom is 0.273 e. The first kappa shape index (κ1) is 15.3. The molecule has 0 fully saturated rings. The Bertz CT molecular complexity index is 684. The molecule has 21 heavy (non-hydrogen) atoms. The van der Waals surface area contributed by atoms with Crippen molar-refractivity contribution in [3.8, 4) is 0 Å². The van der Waals surface area contributed by atoms with E-state index >= 15 is 0 Å². The van der Waals surface area contributed by atoms with Crippen LogP contribution in [-0.2, 0) is 11.2 Å². The topological polar surface area (TPSA) is 72.2 Å². The summed E-state index contributed by atoms with van der Waals surface area (Å²) in [7, 11) is 0. The Balaban J connectivity index is 2.14. The molecule has 0 aliphatic rings. The smallest absolute Gasteiger partial charge is 0.273 e. The van der Waals surface area contributed by atoms with E-state index in [4.69, 9.17) is 23.2 Å². The molecule has 0 radical (unpaired) electrons. The molecule has 0 saturated heterocycles. The van der Waals surface area contributed by atoms with E-state index in [1.54, 1.807) is 36.4 Å². The van der Waals surface area contributed by atoms with Crippen LogP contribution in [-0.4, -0.2) is 10.8 Å². The first-order valence-electron chi connectivity index (χ1n) is 5.94. The van der Waals surface area contributed by atoms with Crippen LogP contribution in [0, 0.1) is 10.1 Å². The maximum absolute atomic E-state index is 12.0. The van der Waals surface area contributed by atoms with E-state index in [1.807, 2.05) is 0 Å². The summed E-state index contributed by atoms with van der Waals surface area (Å²) >= 11 is 11.7. The molecule has 0 aliphatic carbocycles. The highest BCUT2D eigenvalue weighted by atomic mass is 35.5. The first-order valence-corrected chi connectivity index (χ1v) is 6.69. The molecule has 2 aromatic rings. The molecule has 1 N–H and O–H groups in total. The lowest BCUT2D eigenvalue weighted by atomic mass is 10.1. The molecular weight excluding hydrogens is 315 g/mol. The highest BCUT2D eigenvalue weighted by Gasteiger charge is 2.15. The van der Waals surface area contributed by atoms with Crippen molar-refractivity contribution in [2.75, 3.05) is 5.32 Å². The second kappa shape index (κ2) is 6.56. The van der Waals surface area contributed by atoms with Crippen LogP contribution in [0.25, 0.3) is 0 Å². The molecule has 2 rings (SSSR count). The maximum atomic E-state index is 12.0. The van der Waals surface area contributed by atoms with Crippen LogP contribution < -0.4 is 5.32 Å². The molecular formula is C14H10Cl2N2O3. The summed E-state index contributed by atoms with van der Waals surface area (Å²) in [6, 6.07) is 10.7. The first-order chi connectivity index (χ1) is 9.95. The van der Waals surface area contributed by atoms with E-state index in [2.05, 4.69) is 5.32 Å². The van der Waals surface area contributed by atoms with Gasteiger partial charge in [0.05, 0.1) is 11.3 Å². The number of hydrogen-bond acceptors (Lipinski definition) is 3. The second-order valence-electron chi connectivity index (χ2n) is 4.27. The Morgan fingerprint density at radius 2 is 1.76 bits per heavy atom. The molecule has 0 atom stereocenters. The van der Waals surface area contributed by atoms with Gasteiger partial charge in [-0.05, 0) is 18.2 Å². The van der Waals surface area contributed by atoms with Gasteiger partial charge in [-0.1, -0.05) is 41.4 Å². The number of carbonyl (C=O) groups excluding carboxylic acids is 1. The molecule has 108 valence electrons. The Kier molecular flexibility index (Phi) is 4.77. The minimum atomic E-state index is -0.515. The van der Waals surface area contributed by atoms with Crippen molar-refractivity contribution in [1.82, 2.24) is 0 Å². The summed E-state index contributed by atoms with van der Waals surface area (Å²) in [5.74, 6) is -0.386. The molecule has 2 aromatic carbocycles. The van der Waals surface area contributed by atoms with Crippen molar-refractivity contribution >= 4 is 40.5 Å². The number of anilines is 1. The highest BCUT2D eigenvalue weighted by Crippen LogP contribution is 2.23. The van der Waals surface area contributed by atoms with E-state index in [9.17, 15) is 14.9 Å². The lowest BCUT2D eigenvalue weighted by molar-refractivity contribution is -0.385. The van der Waals surface area contributed by atoms with Gasteiger partial charge in [-0.3, -0.25) is 14.9 Å². The van der Waals surface area contributed by atoms with Crippen molar-refractivity contribution in [3.05, 3.63) is 68.2 Å². The highest BCUT2D eigenvalue weighted by molar-refractivity contribution is 6.35. The van der Waals surface area contributed by atoms with E-state index in [-0.39, 0.29) is 18.0 Å². The van der Waals surface area contributed by atoms with Crippen LogP contribution in [0.15, 0.2) is 42.5 Å². The van der Waals surface area contributed by atoms with Gasteiger partial charge in [0.15, 0.2) is 0 Å². The molecule has 0 aliphatic heterocycles. The van der Waals surface area contributed by atoms with Crippen molar-refractivity contribution in [2.45, 2.75) is 6.42 Å². The van der Waals surface area contributed by atoms with Crippen LogP contribution in [0.1, 0.15) is 5.56 Å². The van der Waals surface area contributed by atoms with E-state index < -0.39 is 4.92 Å². The zero-order valence-electron chi connectivity index (χ0n) is 10.7. The van der Waals surface area contributed by atoms with Crippen molar-refractivity contribution in [3.63, 3.8) is 0 Å². The average Bonchev–Trinajstić information content (AvgIpc) is 2.37. The number of rotatable bonds is 4. The predicted octanol–water partition coefficient (Wildman–Crippen LogP) is 4.08. The summed E-state index contributed by atoms with van der Waals surface area (Å²) in [6.45, 7) is 0. The van der Waals surface area contributed by atoms with Crippen LogP contribution in [0.2, 0.25) is 10.0 Å². The van der Waals surface area contributed by atoms with Crippen molar-refractivity contribution in [2.24, 2.45) is 0 Å². The monoisotopic (exact) mass is 324 g/mol. The largest absolute Gasteiger partial charge is 0.326 e. The minimum absolute atomic E-state index is 0.0863. The fourth-order valence-electron chi connectivity index (χ4n) is 1.84. The standard InChI is InChI=1S/C14H10Cl2N2O3/c15-10-6-11(16)8-12(7-10)17-14(19)5-9-3-1-2-4-13(9)18(20)21/h1-4,6-8H,5H2,(H,17,19). The lowest BCUT2D eigenvalue weighted by Gasteiger charge is -2.07. The van der Waals surface area contributed by atoms with Crippen LogP contribution >= 0.6 is 23.2 Å². The molecule has 0 saturated carbocycles. The molecule has 1 amide bonds.